The highest BCUT2D eigenvalue weighted by molar-refractivity contribution is 6.04. The van der Waals surface area contributed by atoms with Crippen molar-refractivity contribution >= 4 is 22.7 Å². The number of H-pyrrole nitrogens is 1. The summed E-state index contributed by atoms with van der Waals surface area (Å²) in [6, 6.07) is 7.87. The average Bonchev–Trinajstić information content (AvgIpc) is 3.28. The number of piperidine rings is 1. The second kappa shape index (κ2) is 6.48. The number of aromatic nitrogens is 2. The van der Waals surface area contributed by atoms with Crippen molar-refractivity contribution in [1.82, 2.24) is 20.0 Å². The van der Waals surface area contributed by atoms with Crippen LogP contribution in [-0.2, 0) is 4.79 Å². The van der Waals surface area contributed by atoms with Crippen molar-refractivity contribution in [3.05, 3.63) is 30.0 Å². The van der Waals surface area contributed by atoms with Crippen molar-refractivity contribution < 1.29 is 9.59 Å². The summed E-state index contributed by atoms with van der Waals surface area (Å²) in [7, 11) is 0. The largest absolute Gasteiger partial charge is 0.368 e. The number of aromatic amines is 1. The number of primary amides is 1. The molecule has 2 aromatic rings. The zero-order valence-corrected chi connectivity index (χ0v) is 14.1. The van der Waals surface area contributed by atoms with E-state index < -0.39 is 0 Å². The smallest absolute Gasteiger partial charge is 0.274 e. The van der Waals surface area contributed by atoms with Gasteiger partial charge in [-0.1, -0.05) is 18.2 Å². The average molecular weight is 341 g/mol. The molecule has 1 unspecified atom stereocenters. The van der Waals surface area contributed by atoms with Crippen LogP contribution in [0.5, 0.6) is 0 Å². The normalized spacial score (nSPS) is 22.6. The van der Waals surface area contributed by atoms with E-state index in [1.807, 2.05) is 29.2 Å². The lowest BCUT2D eigenvalue weighted by atomic mass is 10.0. The Balaban J connectivity index is 1.43. The fraction of sp³-hybridized carbons (Fsp3) is 0.500. The lowest BCUT2D eigenvalue weighted by molar-refractivity contribution is -0.123. The van der Waals surface area contributed by atoms with Gasteiger partial charge in [0.1, 0.15) is 0 Å². The van der Waals surface area contributed by atoms with Gasteiger partial charge in [0.2, 0.25) is 5.91 Å². The van der Waals surface area contributed by atoms with Crippen molar-refractivity contribution in [2.45, 2.75) is 37.8 Å². The summed E-state index contributed by atoms with van der Waals surface area (Å²) in [5.41, 5.74) is 6.90. The zero-order valence-electron chi connectivity index (χ0n) is 14.1. The molecule has 2 aliphatic rings. The molecule has 1 atom stereocenters. The van der Waals surface area contributed by atoms with Crippen LogP contribution >= 0.6 is 0 Å². The van der Waals surface area contributed by atoms with Gasteiger partial charge >= 0.3 is 0 Å². The van der Waals surface area contributed by atoms with E-state index in [0.717, 1.165) is 43.1 Å². The van der Waals surface area contributed by atoms with Gasteiger partial charge in [0.05, 0.1) is 11.6 Å². The second-order valence-electron chi connectivity index (χ2n) is 6.94. The maximum absolute atomic E-state index is 12.8. The summed E-state index contributed by atoms with van der Waals surface area (Å²) in [5, 5.41) is 8.00. The molecule has 7 heteroatoms. The minimum atomic E-state index is -0.223. The third kappa shape index (κ3) is 2.89. The first-order valence-electron chi connectivity index (χ1n) is 8.92. The highest BCUT2D eigenvalue weighted by Gasteiger charge is 2.36. The van der Waals surface area contributed by atoms with E-state index in [1.165, 1.54) is 0 Å². The van der Waals surface area contributed by atoms with Crippen LogP contribution in [0, 0.1) is 0 Å². The fourth-order valence-corrected chi connectivity index (χ4v) is 4.21. The molecule has 7 nitrogen and oxygen atoms in total. The molecule has 0 spiro atoms. The van der Waals surface area contributed by atoms with E-state index in [0.29, 0.717) is 24.8 Å². The molecule has 1 aromatic carbocycles. The molecule has 0 aliphatic carbocycles. The number of fused-ring (bicyclic) bond motifs is 1. The molecule has 132 valence electrons. The van der Waals surface area contributed by atoms with Gasteiger partial charge in [-0.2, -0.15) is 5.10 Å². The Kier molecular flexibility index (Phi) is 4.17. The standard InChI is InChI=1S/C18H23N5O2/c19-17(24)15-6-3-9-23(15)12-7-10-22(11-8-12)18(25)16-13-4-1-2-5-14(13)20-21-16/h1-2,4-5,12,15H,3,6-11H2,(H2,19,24)(H,20,21). The van der Waals surface area contributed by atoms with Crippen molar-refractivity contribution in [3.8, 4) is 0 Å². The van der Waals surface area contributed by atoms with Crippen LogP contribution in [0.3, 0.4) is 0 Å². The van der Waals surface area contributed by atoms with Crippen LogP contribution in [0.4, 0.5) is 0 Å². The number of para-hydroxylation sites is 1. The summed E-state index contributed by atoms with van der Waals surface area (Å²) >= 11 is 0. The first kappa shape index (κ1) is 16.1. The maximum Gasteiger partial charge on any atom is 0.274 e. The second-order valence-corrected chi connectivity index (χ2v) is 6.94. The Labute approximate surface area is 146 Å². The Morgan fingerprint density at radius 2 is 1.88 bits per heavy atom. The molecule has 0 bridgehead atoms. The number of hydrogen-bond acceptors (Lipinski definition) is 4. The lowest BCUT2D eigenvalue weighted by Crippen LogP contribution is -2.51. The minimum Gasteiger partial charge on any atom is -0.368 e. The number of benzene rings is 1. The molecule has 0 saturated carbocycles. The number of hydrogen-bond donors (Lipinski definition) is 2. The molecule has 2 fully saturated rings. The number of nitrogens with two attached hydrogens (primary N) is 1. The van der Waals surface area contributed by atoms with Crippen LogP contribution in [0.2, 0.25) is 0 Å². The lowest BCUT2D eigenvalue weighted by Gasteiger charge is -2.38. The van der Waals surface area contributed by atoms with Crippen molar-refractivity contribution in [2.75, 3.05) is 19.6 Å². The van der Waals surface area contributed by atoms with Gasteiger partial charge in [-0.25, -0.2) is 0 Å². The molecule has 1 aromatic heterocycles. The predicted octanol–water partition coefficient (Wildman–Crippen LogP) is 1.12. The van der Waals surface area contributed by atoms with Crippen molar-refractivity contribution in [3.63, 3.8) is 0 Å². The highest BCUT2D eigenvalue weighted by Crippen LogP contribution is 2.27. The van der Waals surface area contributed by atoms with E-state index in [1.54, 1.807) is 0 Å². The van der Waals surface area contributed by atoms with Crippen molar-refractivity contribution in [2.24, 2.45) is 5.73 Å². The van der Waals surface area contributed by atoms with Crippen LogP contribution in [0.1, 0.15) is 36.2 Å². The highest BCUT2D eigenvalue weighted by atomic mass is 16.2. The Bertz CT molecular complexity index is 794. The summed E-state index contributed by atoms with van der Waals surface area (Å²) in [5.74, 6) is -0.247. The van der Waals surface area contributed by atoms with Crippen LogP contribution in [-0.4, -0.2) is 63.5 Å². The monoisotopic (exact) mass is 341 g/mol. The number of likely N-dealkylation sites (tertiary alicyclic amines) is 2. The molecule has 3 N–H and O–H groups in total. The SMILES string of the molecule is NC(=O)C1CCCN1C1CCN(C(=O)c2n[nH]c3ccccc23)CC1. The Morgan fingerprint density at radius 1 is 1.12 bits per heavy atom. The van der Waals surface area contributed by atoms with E-state index in [4.69, 9.17) is 5.73 Å². The summed E-state index contributed by atoms with van der Waals surface area (Å²) in [6.45, 7) is 2.30. The molecule has 4 rings (SSSR count). The molecule has 3 heterocycles. The number of carbonyl (C=O) groups is 2. The quantitative estimate of drug-likeness (QED) is 0.874. The van der Waals surface area contributed by atoms with E-state index >= 15 is 0 Å². The van der Waals surface area contributed by atoms with E-state index in [-0.39, 0.29) is 17.9 Å². The number of nitrogens with one attached hydrogen (secondary N) is 1. The molecule has 2 saturated heterocycles. The Morgan fingerprint density at radius 3 is 2.64 bits per heavy atom. The molecule has 2 aliphatic heterocycles. The molecule has 0 radical (unpaired) electrons. The molecule has 2 amide bonds. The third-order valence-corrected chi connectivity index (χ3v) is 5.52. The van der Waals surface area contributed by atoms with Gasteiger partial charge in [0, 0.05) is 24.5 Å². The summed E-state index contributed by atoms with van der Waals surface area (Å²) in [6.07, 6.45) is 3.62. The molecular weight excluding hydrogens is 318 g/mol. The van der Waals surface area contributed by atoms with E-state index in [2.05, 4.69) is 15.1 Å². The summed E-state index contributed by atoms with van der Waals surface area (Å²) < 4.78 is 0. The van der Waals surface area contributed by atoms with Crippen molar-refractivity contribution in [1.29, 1.82) is 0 Å². The predicted molar refractivity (Wildman–Crippen MR) is 93.9 cm³/mol. The van der Waals surface area contributed by atoms with Gasteiger partial charge in [0.15, 0.2) is 5.69 Å². The number of carbonyl (C=O) groups excluding carboxylic acids is 2. The molecular formula is C18H23N5O2. The topological polar surface area (TPSA) is 95.3 Å². The van der Waals surface area contributed by atoms with Gasteiger partial charge in [-0.3, -0.25) is 19.6 Å². The van der Waals surface area contributed by atoms with Crippen LogP contribution in [0.25, 0.3) is 10.9 Å². The minimum absolute atomic E-state index is 0.0243. The number of rotatable bonds is 3. The van der Waals surface area contributed by atoms with Gasteiger partial charge in [-0.15, -0.1) is 0 Å². The van der Waals surface area contributed by atoms with Crippen LogP contribution in [0.15, 0.2) is 24.3 Å². The first-order chi connectivity index (χ1) is 12.1. The number of nitrogens with zero attached hydrogens (tertiary/aromatic N) is 3. The number of amides is 2. The summed E-state index contributed by atoms with van der Waals surface area (Å²) in [4.78, 5) is 28.6. The molecule has 25 heavy (non-hydrogen) atoms. The zero-order chi connectivity index (χ0) is 17.4. The van der Waals surface area contributed by atoms with Gasteiger partial charge in [0.25, 0.3) is 5.91 Å². The van der Waals surface area contributed by atoms with Gasteiger partial charge in [-0.05, 0) is 38.3 Å². The van der Waals surface area contributed by atoms with Gasteiger partial charge < -0.3 is 10.6 Å². The third-order valence-electron chi connectivity index (χ3n) is 5.52. The fourth-order valence-electron chi connectivity index (χ4n) is 4.21. The maximum atomic E-state index is 12.8. The Hall–Kier alpha value is -2.41. The van der Waals surface area contributed by atoms with E-state index in [9.17, 15) is 9.59 Å². The first-order valence-corrected chi connectivity index (χ1v) is 8.92. The van der Waals surface area contributed by atoms with Crippen LogP contribution < -0.4 is 5.73 Å².